The summed E-state index contributed by atoms with van der Waals surface area (Å²) in [5, 5.41) is 0. The van der Waals surface area contributed by atoms with Crippen LogP contribution in [-0.2, 0) is 19.1 Å². The van der Waals surface area contributed by atoms with E-state index in [1.165, 1.54) is 45.4 Å². The lowest BCUT2D eigenvalue weighted by Gasteiger charge is -2.48. The summed E-state index contributed by atoms with van der Waals surface area (Å²) in [5.41, 5.74) is 0. The first-order chi connectivity index (χ1) is 11.0. The second-order valence-corrected chi connectivity index (χ2v) is 8.30. The number of hydrogen-bond acceptors (Lipinski definition) is 4. The molecule has 1 aliphatic rings. The van der Waals surface area contributed by atoms with Crippen LogP contribution >= 0.6 is 0 Å². The van der Waals surface area contributed by atoms with Gasteiger partial charge in [0, 0.05) is 17.0 Å². The molecule has 0 aromatic heterocycles. The largest absolute Gasteiger partial charge is 0.741 e. The minimum absolute atomic E-state index is 0.182. The van der Waals surface area contributed by atoms with Gasteiger partial charge in [-0.2, -0.15) is 0 Å². The molecule has 0 bridgehead atoms. The van der Waals surface area contributed by atoms with Crippen LogP contribution in [0.2, 0.25) is 0 Å². The summed E-state index contributed by atoms with van der Waals surface area (Å²) in [4.78, 5) is 23.0. The van der Waals surface area contributed by atoms with Crippen LogP contribution < -0.4 is 22.6 Å². The van der Waals surface area contributed by atoms with Gasteiger partial charge in [-0.3, -0.25) is 9.59 Å². The molecule has 0 spiro atoms. The summed E-state index contributed by atoms with van der Waals surface area (Å²) in [6.07, 6.45) is 12.4. The molecule has 1 rings (SSSR count). The van der Waals surface area contributed by atoms with Crippen LogP contribution in [0.5, 0.6) is 0 Å². The molecule has 4 nitrogen and oxygen atoms in total. The maximum atomic E-state index is 11.6. The zero-order chi connectivity index (χ0) is 17.1. The average molecular weight is 438 g/mol. The summed E-state index contributed by atoms with van der Waals surface area (Å²) >= 11 is 2.16. The Kier molecular flexibility index (Phi) is 10.1. The van der Waals surface area contributed by atoms with Gasteiger partial charge in [0.25, 0.3) is 0 Å². The molecule has 0 aromatic carbocycles. The Balaban J connectivity index is 2.34. The van der Waals surface area contributed by atoms with Gasteiger partial charge in [-0.05, 0) is 25.7 Å². The van der Waals surface area contributed by atoms with Crippen LogP contribution in [0.15, 0.2) is 0 Å². The second kappa shape index (κ2) is 11.3. The number of rotatable bonds is 11. The maximum Gasteiger partial charge on any atom is 0.304 e. The third kappa shape index (κ3) is 8.36. The first kappa shape index (κ1) is 20.7. The van der Waals surface area contributed by atoms with Crippen LogP contribution in [0.3, 0.4) is 0 Å². The van der Waals surface area contributed by atoms with Crippen molar-refractivity contribution in [3.8, 4) is 0 Å². The zero-order valence-electron chi connectivity index (χ0n) is 14.6. The van der Waals surface area contributed by atoms with E-state index in [1.54, 1.807) is 0 Å². The van der Waals surface area contributed by atoms with Gasteiger partial charge < -0.3 is 32.1 Å². The standard InChI is InChI=1S/C18H31IO4/c1-3-4-5-6-7-8-9-10-12-16(22-15(2)20)18(19)14-11-13-17(21)23-18/h16H,3-14H2,1-2H3/q-1/t16-,18?/m0/s1. The third-order valence-electron chi connectivity index (χ3n) is 4.29. The third-order valence-corrected chi connectivity index (χ3v) is 5.75. The Morgan fingerprint density at radius 3 is 2.39 bits per heavy atom. The summed E-state index contributed by atoms with van der Waals surface area (Å²) in [6, 6.07) is 0. The number of carbonyl (C=O) groups excluding carboxylic acids is 2. The molecule has 23 heavy (non-hydrogen) atoms. The SMILES string of the molecule is CCCCCCCCCC[C@H](OC(C)=O)C1([I-])CCCC(=O)O1. The second-order valence-electron chi connectivity index (χ2n) is 6.48. The van der Waals surface area contributed by atoms with Gasteiger partial charge in [0.1, 0.15) is 6.10 Å². The molecule has 1 fully saturated rings. The Morgan fingerprint density at radius 2 is 1.83 bits per heavy atom. The Hall–Kier alpha value is -0.330. The van der Waals surface area contributed by atoms with Crippen molar-refractivity contribution in [2.45, 2.75) is 101 Å². The highest BCUT2D eigenvalue weighted by atomic mass is 127. The minimum Gasteiger partial charge on any atom is -0.741 e. The van der Waals surface area contributed by atoms with Gasteiger partial charge >= 0.3 is 11.9 Å². The fourth-order valence-electron chi connectivity index (χ4n) is 3.02. The van der Waals surface area contributed by atoms with Gasteiger partial charge in [0.05, 0.1) is 0 Å². The van der Waals surface area contributed by atoms with Crippen molar-refractivity contribution in [3.63, 3.8) is 0 Å². The smallest absolute Gasteiger partial charge is 0.304 e. The molecule has 0 saturated carbocycles. The lowest BCUT2D eigenvalue weighted by molar-refractivity contribution is -0.567. The Bertz CT molecular complexity index is 372. The molecule has 1 aliphatic heterocycles. The topological polar surface area (TPSA) is 52.6 Å². The van der Waals surface area contributed by atoms with Crippen molar-refractivity contribution in [1.82, 2.24) is 0 Å². The van der Waals surface area contributed by atoms with Crippen molar-refractivity contribution in [2.75, 3.05) is 0 Å². The molecule has 1 unspecified atom stereocenters. The molecule has 0 N–H and O–H groups in total. The van der Waals surface area contributed by atoms with E-state index in [9.17, 15) is 9.59 Å². The van der Waals surface area contributed by atoms with Gasteiger partial charge in [0.15, 0.2) is 0 Å². The van der Waals surface area contributed by atoms with Gasteiger partial charge in [-0.1, -0.05) is 51.9 Å². The summed E-state index contributed by atoms with van der Waals surface area (Å²) < 4.78 is 10.3. The van der Waals surface area contributed by atoms with Crippen molar-refractivity contribution in [1.29, 1.82) is 0 Å². The first-order valence-corrected chi connectivity index (χ1v) is 10.1. The average Bonchev–Trinajstić information content (AvgIpc) is 2.48. The summed E-state index contributed by atoms with van der Waals surface area (Å²) in [5.74, 6) is -0.481. The fraction of sp³-hybridized carbons (Fsp3) is 0.889. The van der Waals surface area contributed by atoms with Gasteiger partial charge in [-0.15, -0.1) is 0 Å². The molecular weight excluding hydrogens is 407 g/mol. The summed E-state index contributed by atoms with van der Waals surface area (Å²) in [6.45, 7) is 3.65. The molecule has 0 aliphatic carbocycles. The molecule has 1 radical (unpaired) electrons. The van der Waals surface area contributed by atoms with E-state index in [0.717, 1.165) is 32.1 Å². The molecule has 0 amide bonds. The molecule has 0 aromatic rings. The van der Waals surface area contributed by atoms with E-state index in [4.69, 9.17) is 9.47 Å². The van der Waals surface area contributed by atoms with Crippen LogP contribution in [0.4, 0.5) is 0 Å². The maximum absolute atomic E-state index is 11.6. The highest BCUT2D eigenvalue weighted by Crippen LogP contribution is 2.26. The van der Waals surface area contributed by atoms with Crippen LogP contribution in [-0.4, -0.2) is 21.7 Å². The quantitative estimate of drug-likeness (QED) is 0.212. The molecule has 5 heteroatoms. The number of cyclic esters (lactones) is 1. The highest BCUT2D eigenvalue weighted by molar-refractivity contribution is 5.70. The Labute approximate surface area is 154 Å². The number of hydrogen-bond donors (Lipinski definition) is 0. The lowest BCUT2D eigenvalue weighted by atomic mass is 9.98. The number of unbranched alkanes of at least 4 members (excludes halogenated alkanes) is 7. The number of alkyl halides is 1. The minimum atomic E-state index is -0.681. The predicted molar refractivity (Wildman–Crippen MR) is 85.5 cm³/mol. The van der Waals surface area contributed by atoms with Gasteiger partial charge in [0.2, 0.25) is 0 Å². The van der Waals surface area contributed by atoms with Crippen LogP contribution in [0, 0.1) is 0 Å². The molecule has 1 heterocycles. The van der Waals surface area contributed by atoms with Crippen LogP contribution in [0.1, 0.15) is 90.9 Å². The first-order valence-electron chi connectivity index (χ1n) is 9.06. The number of carbonyl (C=O) groups is 2. The van der Waals surface area contributed by atoms with E-state index in [1.807, 2.05) is 0 Å². The van der Waals surface area contributed by atoms with Crippen LogP contribution in [0.25, 0.3) is 0 Å². The number of ether oxygens (including phenoxy) is 2. The van der Waals surface area contributed by atoms with Crippen molar-refractivity contribution in [2.24, 2.45) is 0 Å². The normalized spacial score (nSPS) is 22.5. The van der Waals surface area contributed by atoms with E-state index in [2.05, 4.69) is 29.5 Å². The number of esters is 2. The van der Waals surface area contributed by atoms with E-state index in [-0.39, 0.29) is 18.0 Å². The van der Waals surface area contributed by atoms with Crippen molar-refractivity contribution >= 4 is 11.9 Å². The monoisotopic (exact) mass is 438 g/mol. The highest BCUT2D eigenvalue weighted by Gasteiger charge is 2.35. The molecule has 2 atom stereocenters. The summed E-state index contributed by atoms with van der Waals surface area (Å²) in [7, 11) is 0. The zero-order valence-corrected chi connectivity index (χ0v) is 16.7. The Morgan fingerprint density at radius 1 is 1.22 bits per heavy atom. The molecule has 135 valence electrons. The molecule has 1 saturated heterocycles. The van der Waals surface area contributed by atoms with E-state index < -0.39 is 3.61 Å². The van der Waals surface area contributed by atoms with Gasteiger partial charge in [-0.25, -0.2) is 0 Å². The fourth-order valence-corrected chi connectivity index (χ4v) is 4.08. The number of halogens is 1. The van der Waals surface area contributed by atoms with Crippen molar-refractivity contribution < 1.29 is 41.7 Å². The van der Waals surface area contributed by atoms with E-state index in [0.29, 0.717) is 6.42 Å². The van der Waals surface area contributed by atoms with Crippen molar-refractivity contribution in [3.05, 3.63) is 0 Å². The molecular formula is C18H31IO4-. The predicted octanol–water partition coefficient (Wildman–Crippen LogP) is 1.43. The van der Waals surface area contributed by atoms with E-state index >= 15 is 0 Å². The lowest BCUT2D eigenvalue weighted by Crippen LogP contribution is -3.45.